The largest absolute Gasteiger partial charge is 0.550 e. The van der Waals surface area contributed by atoms with E-state index in [9.17, 15) is 14.7 Å². The molecule has 1 N–H and O–H groups in total. The van der Waals surface area contributed by atoms with Gasteiger partial charge in [0.05, 0.1) is 6.61 Å². The first kappa shape index (κ1) is 13.0. The van der Waals surface area contributed by atoms with Crippen molar-refractivity contribution in [1.82, 2.24) is 5.32 Å². The Morgan fingerprint density at radius 2 is 1.94 bits per heavy atom. The number of carbonyl (C=O) groups is 2. The molecule has 0 unspecified atom stereocenters. The van der Waals surface area contributed by atoms with Gasteiger partial charge in [-0.25, -0.2) is 0 Å². The van der Waals surface area contributed by atoms with E-state index in [4.69, 9.17) is 4.74 Å². The second kappa shape index (κ2) is 6.48. The summed E-state index contributed by atoms with van der Waals surface area (Å²) in [5.74, 6) is -2.36. The number of nitrogens with one attached hydrogen (secondary N) is 1. The molecule has 1 fully saturated rings. The number of hydrogen-bond donors (Lipinski definition) is 1. The van der Waals surface area contributed by atoms with Gasteiger partial charge < -0.3 is 20.0 Å². The van der Waals surface area contributed by atoms with Crippen molar-refractivity contribution in [3.63, 3.8) is 0 Å². The van der Waals surface area contributed by atoms with E-state index in [1.807, 2.05) is 0 Å². The Morgan fingerprint density at radius 1 is 1.31 bits per heavy atom. The smallest absolute Gasteiger partial charge is 0.223 e. The Morgan fingerprint density at radius 3 is 2.50 bits per heavy atom. The second-order valence-electron chi connectivity index (χ2n) is 4.10. The van der Waals surface area contributed by atoms with E-state index in [1.165, 1.54) is 0 Å². The third-order valence-corrected chi connectivity index (χ3v) is 3.01. The molecule has 2 atom stereocenters. The molecule has 0 aromatic rings. The summed E-state index contributed by atoms with van der Waals surface area (Å²) in [6.45, 7) is 0.861. The minimum absolute atomic E-state index is 0.189. The Balaban J connectivity index is 2.47. The van der Waals surface area contributed by atoms with E-state index < -0.39 is 17.8 Å². The maximum atomic E-state index is 11.7. The molecule has 1 aliphatic carbocycles. The van der Waals surface area contributed by atoms with Gasteiger partial charge in [-0.2, -0.15) is 0 Å². The van der Waals surface area contributed by atoms with E-state index in [0.29, 0.717) is 26.0 Å². The molecule has 92 valence electrons. The van der Waals surface area contributed by atoms with Crippen LogP contribution in [-0.2, 0) is 14.3 Å². The number of carbonyl (C=O) groups excluding carboxylic acids is 2. The van der Waals surface area contributed by atoms with E-state index >= 15 is 0 Å². The fraction of sp³-hybridized carbons (Fsp3) is 0.818. The van der Waals surface area contributed by atoms with Crippen LogP contribution in [0.3, 0.4) is 0 Å². The standard InChI is InChI=1S/C11H19NO4/c1-16-7-6-12-10(13)8-4-2-3-5-9(8)11(14)15/h8-9H,2-7H2,1H3,(H,12,13)(H,14,15)/p-1/t8-,9-/m0/s1. The predicted molar refractivity (Wildman–Crippen MR) is 55.3 cm³/mol. The van der Waals surface area contributed by atoms with Crippen molar-refractivity contribution in [3.8, 4) is 0 Å². The molecule has 1 saturated carbocycles. The lowest BCUT2D eigenvalue weighted by molar-refractivity contribution is -0.314. The van der Waals surface area contributed by atoms with Gasteiger partial charge in [0.25, 0.3) is 0 Å². The van der Waals surface area contributed by atoms with Crippen LogP contribution in [0.5, 0.6) is 0 Å². The van der Waals surface area contributed by atoms with Gasteiger partial charge in [-0.1, -0.05) is 12.8 Å². The summed E-state index contributed by atoms with van der Waals surface area (Å²) in [6.07, 6.45) is 2.95. The highest BCUT2D eigenvalue weighted by Gasteiger charge is 2.31. The predicted octanol–water partition coefficient (Wildman–Crippen LogP) is -0.695. The molecule has 0 radical (unpaired) electrons. The summed E-state index contributed by atoms with van der Waals surface area (Å²) in [6, 6.07) is 0. The molecule has 0 heterocycles. The van der Waals surface area contributed by atoms with Gasteiger partial charge in [-0.05, 0) is 12.8 Å². The third kappa shape index (κ3) is 3.48. The number of carboxylic acids is 1. The van der Waals surface area contributed by atoms with Crippen molar-refractivity contribution in [2.75, 3.05) is 20.3 Å². The summed E-state index contributed by atoms with van der Waals surface area (Å²) in [7, 11) is 1.55. The molecule has 0 aromatic heterocycles. The maximum Gasteiger partial charge on any atom is 0.223 e. The summed E-state index contributed by atoms with van der Waals surface area (Å²) in [4.78, 5) is 22.6. The van der Waals surface area contributed by atoms with Crippen LogP contribution in [0.4, 0.5) is 0 Å². The van der Waals surface area contributed by atoms with Crippen LogP contribution in [0.2, 0.25) is 0 Å². The van der Waals surface area contributed by atoms with E-state index in [0.717, 1.165) is 12.8 Å². The van der Waals surface area contributed by atoms with Gasteiger partial charge >= 0.3 is 0 Å². The molecular weight excluding hydrogens is 210 g/mol. The highest BCUT2D eigenvalue weighted by Crippen LogP contribution is 2.29. The number of hydrogen-bond acceptors (Lipinski definition) is 4. The molecule has 1 aliphatic rings. The van der Waals surface area contributed by atoms with Crippen LogP contribution >= 0.6 is 0 Å². The van der Waals surface area contributed by atoms with Crippen molar-refractivity contribution < 1.29 is 19.4 Å². The number of ether oxygens (including phenoxy) is 1. The zero-order chi connectivity index (χ0) is 12.0. The number of carboxylic acid groups (broad SMARTS) is 1. The van der Waals surface area contributed by atoms with Crippen molar-refractivity contribution in [2.24, 2.45) is 11.8 Å². The van der Waals surface area contributed by atoms with Crippen molar-refractivity contribution in [3.05, 3.63) is 0 Å². The van der Waals surface area contributed by atoms with Crippen molar-refractivity contribution in [2.45, 2.75) is 25.7 Å². The molecule has 0 saturated heterocycles. The number of rotatable bonds is 5. The number of methoxy groups -OCH3 is 1. The molecule has 16 heavy (non-hydrogen) atoms. The summed E-state index contributed by atoms with van der Waals surface area (Å²) < 4.78 is 4.81. The number of aliphatic carboxylic acids is 1. The highest BCUT2D eigenvalue weighted by molar-refractivity contribution is 5.84. The molecular formula is C11H18NO4-. The van der Waals surface area contributed by atoms with Crippen LogP contribution in [0.15, 0.2) is 0 Å². The Kier molecular flexibility index (Phi) is 5.25. The molecule has 5 nitrogen and oxygen atoms in total. The zero-order valence-electron chi connectivity index (χ0n) is 9.53. The average Bonchev–Trinajstić information content (AvgIpc) is 2.29. The van der Waals surface area contributed by atoms with Crippen LogP contribution in [-0.4, -0.2) is 32.1 Å². The lowest BCUT2D eigenvalue weighted by Gasteiger charge is -2.31. The minimum atomic E-state index is -1.11. The van der Waals surface area contributed by atoms with E-state index in [1.54, 1.807) is 7.11 Å². The fourth-order valence-corrected chi connectivity index (χ4v) is 2.13. The first-order valence-electron chi connectivity index (χ1n) is 5.64. The topological polar surface area (TPSA) is 78.5 Å². The van der Waals surface area contributed by atoms with Gasteiger partial charge in [0, 0.05) is 31.5 Å². The third-order valence-electron chi connectivity index (χ3n) is 3.01. The molecule has 0 spiro atoms. The normalized spacial score (nSPS) is 25.1. The maximum absolute atomic E-state index is 11.7. The first-order valence-corrected chi connectivity index (χ1v) is 5.64. The van der Waals surface area contributed by atoms with Gasteiger partial charge in [-0.3, -0.25) is 4.79 Å². The Hall–Kier alpha value is -1.10. The highest BCUT2D eigenvalue weighted by atomic mass is 16.5. The van der Waals surface area contributed by atoms with Crippen molar-refractivity contribution in [1.29, 1.82) is 0 Å². The zero-order valence-corrected chi connectivity index (χ0v) is 9.53. The average molecular weight is 228 g/mol. The first-order chi connectivity index (χ1) is 7.66. The summed E-state index contributed by atoms with van der Waals surface area (Å²) >= 11 is 0. The van der Waals surface area contributed by atoms with Gasteiger partial charge in [0.1, 0.15) is 0 Å². The number of amides is 1. The van der Waals surface area contributed by atoms with Crippen LogP contribution in [0.25, 0.3) is 0 Å². The quantitative estimate of drug-likeness (QED) is 0.631. The Bertz CT molecular complexity index is 254. The summed E-state index contributed by atoms with van der Waals surface area (Å²) in [5.41, 5.74) is 0. The van der Waals surface area contributed by atoms with E-state index in [-0.39, 0.29) is 5.91 Å². The monoisotopic (exact) mass is 228 g/mol. The van der Waals surface area contributed by atoms with E-state index in [2.05, 4.69) is 5.32 Å². The van der Waals surface area contributed by atoms with Gasteiger partial charge in [0.2, 0.25) is 5.91 Å². The fourth-order valence-electron chi connectivity index (χ4n) is 2.13. The van der Waals surface area contributed by atoms with Crippen LogP contribution in [0, 0.1) is 11.8 Å². The Labute approximate surface area is 95.2 Å². The molecule has 0 aromatic carbocycles. The van der Waals surface area contributed by atoms with Gasteiger partial charge in [-0.15, -0.1) is 0 Å². The van der Waals surface area contributed by atoms with Crippen LogP contribution < -0.4 is 10.4 Å². The van der Waals surface area contributed by atoms with Gasteiger partial charge in [0.15, 0.2) is 0 Å². The second-order valence-corrected chi connectivity index (χ2v) is 4.10. The molecule has 1 amide bonds. The minimum Gasteiger partial charge on any atom is -0.550 e. The van der Waals surface area contributed by atoms with Crippen molar-refractivity contribution >= 4 is 11.9 Å². The lowest BCUT2D eigenvalue weighted by Crippen LogP contribution is -2.45. The molecule has 1 rings (SSSR count). The van der Waals surface area contributed by atoms with Crippen LogP contribution in [0.1, 0.15) is 25.7 Å². The summed E-state index contributed by atoms with van der Waals surface area (Å²) in [5, 5.41) is 13.6. The molecule has 5 heteroatoms. The SMILES string of the molecule is COCCNC(=O)[C@H]1CCCC[C@@H]1C(=O)[O-]. The molecule has 0 bridgehead atoms. The lowest BCUT2D eigenvalue weighted by atomic mass is 9.79. The molecule has 0 aliphatic heterocycles.